The van der Waals surface area contributed by atoms with E-state index in [9.17, 15) is 14.3 Å². The molecular weight excluding hydrogens is 345 g/mol. The van der Waals surface area contributed by atoms with E-state index in [-0.39, 0.29) is 24.7 Å². The summed E-state index contributed by atoms with van der Waals surface area (Å²) in [4.78, 5) is 15.0. The van der Waals surface area contributed by atoms with Gasteiger partial charge in [0.2, 0.25) is 5.91 Å². The molecule has 0 bridgehead atoms. The van der Waals surface area contributed by atoms with Gasteiger partial charge in [-0.1, -0.05) is 18.2 Å². The number of carbonyl (C=O) groups excluding carboxylic acids is 1. The summed E-state index contributed by atoms with van der Waals surface area (Å²) in [7, 11) is 0. The summed E-state index contributed by atoms with van der Waals surface area (Å²) in [5, 5.41) is 15.0. The Balaban J connectivity index is 1.52. The van der Waals surface area contributed by atoms with E-state index in [1.165, 1.54) is 28.3 Å². The van der Waals surface area contributed by atoms with E-state index >= 15 is 0 Å². The molecule has 0 saturated heterocycles. The lowest BCUT2D eigenvalue weighted by molar-refractivity contribution is -0.120. The van der Waals surface area contributed by atoms with Crippen molar-refractivity contribution < 1.29 is 14.3 Å². The minimum Gasteiger partial charge on any atom is -0.386 e. The fourth-order valence-corrected chi connectivity index (χ4v) is 4.07. The molecule has 24 heavy (non-hydrogen) atoms. The minimum atomic E-state index is -0.735. The Kier molecular flexibility index (Phi) is 5.40. The molecule has 0 aliphatic heterocycles. The molecule has 6 heteroatoms. The molecular formula is C18H16FNO2S2. The first-order valence-electron chi connectivity index (χ1n) is 7.44. The van der Waals surface area contributed by atoms with E-state index < -0.39 is 6.10 Å². The van der Waals surface area contributed by atoms with Crippen LogP contribution in [-0.2, 0) is 11.2 Å². The number of hydrogen-bond acceptors (Lipinski definition) is 4. The average molecular weight is 361 g/mol. The number of halogens is 1. The van der Waals surface area contributed by atoms with Crippen molar-refractivity contribution in [2.75, 3.05) is 6.54 Å². The van der Waals surface area contributed by atoms with Gasteiger partial charge in [-0.3, -0.25) is 4.79 Å². The zero-order valence-corrected chi connectivity index (χ0v) is 14.4. The molecule has 3 nitrogen and oxygen atoms in total. The summed E-state index contributed by atoms with van der Waals surface area (Å²) in [5.41, 5.74) is 0.736. The largest absolute Gasteiger partial charge is 0.386 e. The van der Waals surface area contributed by atoms with Crippen LogP contribution in [0.25, 0.3) is 9.75 Å². The monoisotopic (exact) mass is 361 g/mol. The first-order valence-corrected chi connectivity index (χ1v) is 9.14. The molecule has 2 aromatic heterocycles. The van der Waals surface area contributed by atoms with Gasteiger partial charge in [-0.15, -0.1) is 22.7 Å². The molecule has 3 aromatic rings. The molecule has 0 fully saturated rings. The molecule has 124 valence electrons. The quantitative estimate of drug-likeness (QED) is 0.697. The van der Waals surface area contributed by atoms with Crippen molar-refractivity contribution in [2.24, 2.45) is 0 Å². The third-order valence-electron chi connectivity index (χ3n) is 3.49. The number of nitrogens with one attached hydrogen (secondary N) is 1. The predicted molar refractivity (Wildman–Crippen MR) is 95.7 cm³/mol. The number of hydrogen-bond donors (Lipinski definition) is 2. The standard InChI is InChI=1S/C18H16FNO2S2/c19-13-5-3-12(4-6-13)10-18(22)20-11-14(21)15-7-8-17(24-15)16-2-1-9-23-16/h1-9,14,21H,10-11H2,(H,20,22)/t14-/m0/s1. The van der Waals surface area contributed by atoms with Crippen LogP contribution in [0.4, 0.5) is 4.39 Å². The van der Waals surface area contributed by atoms with Crippen LogP contribution in [0.5, 0.6) is 0 Å². The Morgan fingerprint density at radius 3 is 2.62 bits per heavy atom. The second-order valence-electron chi connectivity index (χ2n) is 5.30. The van der Waals surface area contributed by atoms with Gasteiger partial charge in [0.1, 0.15) is 11.9 Å². The number of benzene rings is 1. The number of carbonyl (C=O) groups is 1. The first kappa shape index (κ1) is 16.8. The van der Waals surface area contributed by atoms with Gasteiger partial charge in [-0.25, -0.2) is 4.39 Å². The van der Waals surface area contributed by atoms with Crippen LogP contribution in [0, 0.1) is 5.82 Å². The smallest absolute Gasteiger partial charge is 0.224 e. The molecule has 3 rings (SSSR count). The first-order chi connectivity index (χ1) is 11.6. The zero-order valence-electron chi connectivity index (χ0n) is 12.7. The maximum absolute atomic E-state index is 12.8. The minimum absolute atomic E-state index is 0.157. The molecule has 0 radical (unpaired) electrons. The number of aliphatic hydroxyl groups excluding tert-OH is 1. The molecule has 0 unspecified atom stereocenters. The van der Waals surface area contributed by atoms with Crippen LogP contribution in [0.3, 0.4) is 0 Å². The highest BCUT2D eigenvalue weighted by Gasteiger charge is 2.13. The maximum Gasteiger partial charge on any atom is 0.224 e. The van der Waals surface area contributed by atoms with Crippen molar-refractivity contribution >= 4 is 28.6 Å². The van der Waals surface area contributed by atoms with E-state index in [2.05, 4.69) is 5.32 Å². The summed E-state index contributed by atoms with van der Waals surface area (Å²) in [5.74, 6) is -0.524. The van der Waals surface area contributed by atoms with Gasteiger partial charge in [-0.2, -0.15) is 0 Å². The van der Waals surface area contributed by atoms with Crippen molar-refractivity contribution in [3.05, 3.63) is 70.2 Å². The van der Waals surface area contributed by atoms with E-state index in [0.717, 1.165) is 15.3 Å². The van der Waals surface area contributed by atoms with Gasteiger partial charge in [0, 0.05) is 21.2 Å². The molecule has 1 atom stereocenters. The van der Waals surface area contributed by atoms with Gasteiger partial charge in [0.25, 0.3) is 0 Å². The molecule has 2 N–H and O–H groups in total. The van der Waals surface area contributed by atoms with Crippen LogP contribution in [0.2, 0.25) is 0 Å². The van der Waals surface area contributed by atoms with Gasteiger partial charge in [0.15, 0.2) is 0 Å². The van der Waals surface area contributed by atoms with Crippen LogP contribution >= 0.6 is 22.7 Å². The Hall–Kier alpha value is -2.02. The second kappa shape index (κ2) is 7.70. The number of amides is 1. The lowest BCUT2D eigenvalue weighted by Gasteiger charge is -2.10. The van der Waals surface area contributed by atoms with Crippen LogP contribution in [-0.4, -0.2) is 17.6 Å². The fourth-order valence-electron chi connectivity index (χ4n) is 2.24. The summed E-state index contributed by atoms with van der Waals surface area (Å²) in [6, 6.07) is 13.7. The van der Waals surface area contributed by atoms with Gasteiger partial charge >= 0.3 is 0 Å². The topological polar surface area (TPSA) is 49.3 Å². The highest BCUT2D eigenvalue weighted by molar-refractivity contribution is 7.21. The lowest BCUT2D eigenvalue weighted by Crippen LogP contribution is -2.29. The van der Waals surface area contributed by atoms with Gasteiger partial charge in [0.05, 0.1) is 6.42 Å². The summed E-state index contributed by atoms with van der Waals surface area (Å²) in [6.07, 6.45) is -0.571. The molecule has 0 spiro atoms. The van der Waals surface area contributed by atoms with Crippen molar-refractivity contribution in [1.82, 2.24) is 5.32 Å². The summed E-state index contributed by atoms with van der Waals surface area (Å²) in [6.45, 7) is 0.157. The highest BCUT2D eigenvalue weighted by Crippen LogP contribution is 2.33. The maximum atomic E-state index is 12.8. The average Bonchev–Trinajstić information content (AvgIpc) is 3.25. The summed E-state index contributed by atoms with van der Waals surface area (Å²) < 4.78 is 12.8. The third-order valence-corrected chi connectivity index (χ3v) is 5.74. The SMILES string of the molecule is O=C(Cc1ccc(F)cc1)NC[C@H](O)c1ccc(-c2cccs2)s1. The van der Waals surface area contributed by atoms with E-state index in [1.54, 1.807) is 23.5 Å². The normalized spacial score (nSPS) is 12.1. The zero-order chi connectivity index (χ0) is 16.9. The third kappa shape index (κ3) is 4.29. The molecule has 0 saturated carbocycles. The molecule has 0 aliphatic carbocycles. The fraction of sp³-hybridized carbons (Fsp3) is 0.167. The Morgan fingerprint density at radius 2 is 1.92 bits per heavy atom. The Labute approximate surface area is 147 Å². The molecule has 1 amide bonds. The van der Waals surface area contributed by atoms with Crippen LogP contribution in [0.1, 0.15) is 16.5 Å². The lowest BCUT2D eigenvalue weighted by atomic mass is 10.1. The number of rotatable bonds is 6. The Bertz CT molecular complexity index is 797. The Morgan fingerprint density at radius 1 is 1.12 bits per heavy atom. The van der Waals surface area contributed by atoms with Crippen molar-refractivity contribution in [2.45, 2.75) is 12.5 Å². The van der Waals surface area contributed by atoms with E-state index in [4.69, 9.17) is 0 Å². The second-order valence-corrected chi connectivity index (χ2v) is 7.37. The highest BCUT2D eigenvalue weighted by atomic mass is 32.1. The van der Waals surface area contributed by atoms with Gasteiger partial charge in [-0.05, 0) is 41.3 Å². The van der Waals surface area contributed by atoms with Crippen LogP contribution in [0.15, 0.2) is 53.9 Å². The molecule has 2 heterocycles. The predicted octanol–water partition coefficient (Wildman–Crippen LogP) is 4.01. The number of aliphatic hydroxyl groups is 1. The molecule has 1 aromatic carbocycles. The number of thiophene rings is 2. The molecule has 0 aliphatic rings. The van der Waals surface area contributed by atoms with Gasteiger partial charge < -0.3 is 10.4 Å². The van der Waals surface area contributed by atoms with Crippen LogP contribution < -0.4 is 5.32 Å². The van der Waals surface area contributed by atoms with Crippen molar-refractivity contribution in [1.29, 1.82) is 0 Å². The van der Waals surface area contributed by atoms with E-state index in [0.29, 0.717) is 0 Å². The van der Waals surface area contributed by atoms with E-state index in [1.807, 2.05) is 29.6 Å². The van der Waals surface area contributed by atoms with Crippen molar-refractivity contribution in [3.8, 4) is 9.75 Å². The van der Waals surface area contributed by atoms with Crippen molar-refractivity contribution in [3.63, 3.8) is 0 Å². The summed E-state index contributed by atoms with van der Waals surface area (Å²) >= 11 is 3.18.